The van der Waals surface area contributed by atoms with Crippen molar-refractivity contribution in [1.29, 1.82) is 0 Å². The first kappa shape index (κ1) is 9.76. The van der Waals surface area contributed by atoms with Gasteiger partial charge in [-0.2, -0.15) is 0 Å². The number of thiazole rings is 1. The van der Waals surface area contributed by atoms with Crippen LogP contribution in [0.2, 0.25) is 0 Å². The molecule has 0 saturated heterocycles. The summed E-state index contributed by atoms with van der Waals surface area (Å²) in [6.45, 7) is 0.505. The molecule has 0 amide bonds. The molecule has 0 atom stereocenters. The van der Waals surface area contributed by atoms with E-state index in [-0.39, 0.29) is 0 Å². The summed E-state index contributed by atoms with van der Waals surface area (Å²) in [6, 6.07) is 5.77. The van der Waals surface area contributed by atoms with Gasteiger partial charge in [-0.3, -0.25) is 4.98 Å². The van der Waals surface area contributed by atoms with Crippen molar-refractivity contribution in [1.82, 2.24) is 9.97 Å². The van der Waals surface area contributed by atoms with Crippen molar-refractivity contribution < 1.29 is 0 Å². The van der Waals surface area contributed by atoms with Gasteiger partial charge in [0.25, 0.3) is 0 Å². The minimum Gasteiger partial charge on any atom is -0.326 e. The van der Waals surface area contributed by atoms with Gasteiger partial charge in [-0.25, -0.2) is 4.98 Å². The maximum absolute atomic E-state index is 5.56. The van der Waals surface area contributed by atoms with Crippen molar-refractivity contribution in [2.45, 2.75) is 6.54 Å². The van der Waals surface area contributed by atoms with Crippen molar-refractivity contribution in [3.63, 3.8) is 0 Å². The van der Waals surface area contributed by atoms with Gasteiger partial charge in [0, 0.05) is 12.7 Å². The second-order valence-electron chi connectivity index (χ2n) is 2.65. The zero-order valence-corrected chi connectivity index (χ0v) is 9.68. The highest BCUT2D eigenvalue weighted by Crippen LogP contribution is 2.29. The molecule has 2 rings (SSSR count). The fraction of sp³-hybridized carbons (Fsp3) is 0.111. The highest BCUT2D eigenvalue weighted by molar-refractivity contribution is 9.10. The quantitative estimate of drug-likeness (QED) is 0.911. The molecule has 2 aromatic heterocycles. The lowest BCUT2D eigenvalue weighted by Gasteiger charge is -1.91. The van der Waals surface area contributed by atoms with E-state index < -0.39 is 0 Å². The fourth-order valence-corrected chi connectivity index (χ4v) is 2.57. The monoisotopic (exact) mass is 269 g/mol. The van der Waals surface area contributed by atoms with Gasteiger partial charge >= 0.3 is 0 Å². The Bertz CT molecular complexity index is 427. The van der Waals surface area contributed by atoms with E-state index in [2.05, 4.69) is 25.9 Å². The van der Waals surface area contributed by atoms with Crippen molar-refractivity contribution in [2.24, 2.45) is 5.73 Å². The van der Waals surface area contributed by atoms with Gasteiger partial charge in [0.05, 0.1) is 10.6 Å². The summed E-state index contributed by atoms with van der Waals surface area (Å²) in [6.07, 6.45) is 1.76. The van der Waals surface area contributed by atoms with Crippen LogP contribution in [0, 0.1) is 0 Å². The van der Waals surface area contributed by atoms with Crippen LogP contribution in [0.25, 0.3) is 10.7 Å². The molecule has 0 radical (unpaired) electrons. The minimum atomic E-state index is 0.505. The van der Waals surface area contributed by atoms with Crippen molar-refractivity contribution in [3.05, 3.63) is 33.9 Å². The average molecular weight is 270 g/mol. The molecular weight excluding hydrogens is 262 g/mol. The molecule has 0 aliphatic rings. The Morgan fingerprint density at radius 2 is 2.29 bits per heavy atom. The third kappa shape index (κ3) is 1.84. The lowest BCUT2D eigenvalue weighted by molar-refractivity contribution is 1.08. The molecule has 0 fully saturated rings. The molecule has 3 nitrogen and oxygen atoms in total. The van der Waals surface area contributed by atoms with Crippen LogP contribution in [0.5, 0.6) is 0 Å². The largest absolute Gasteiger partial charge is 0.326 e. The smallest absolute Gasteiger partial charge is 0.143 e. The summed E-state index contributed by atoms with van der Waals surface area (Å²) >= 11 is 4.93. The number of pyridine rings is 1. The Balaban J connectivity index is 2.43. The number of halogens is 1. The van der Waals surface area contributed by atoms with Gasteiger partial charge in [0.1, 0.15) is 9.61 Å². The Labute approximate surface area is 94.1 Å². The number of nitrogens with two attached hydrogens (primary N) is 1. The molecule has 0 bridgehead atoms. The van der Waals surface area contributed by atoms with E-state index in [1.807, 2.05) is 18.2 Å². The Hall–Kier alpha value is -0.780. The minimum absolute atomic E-state index is 0.505. The van der Waals surface area contributed by atoms with Crippen molar-refractivity contribution in [3.8, 4) is 10.7 Å². The van der Waals surface area contributed by atoms with Crippen LogP contribution in [0.4, 0.5) is 0 Å². The third-order valence-corrected chi connectivity index (χ3v) is 3.74. The summed E-state index contributed by atoms with van der Waals surface area (Å²) in [4.78, 5) is 9.62. The van der Waals surface area contributed by atoms with Gasteiger partial charge in [0.2, 0.25) is 0 Å². The van der Waals surface area contributed by atoms with E-state index in [1.54, 1.807) is 17.5 Å². The molecule has 5 heteroatoms. The molecule has 0 aromatic carbocycles. The summed E-state index contributed by atoms with van der Waals surface area (Å²) in [7, 11) is 0. The van der Waals surface area contributed by atoms with Gasteiger partial charge < -0.3 is 5.73 Å². The number of hydrogen-bond donors (Lipinski definition) is 1. The molecule has 2 heterocycles. The molecule has 0 saturated carbocycles. The summed E-state index contributed by atoms with van der Waals surface area (Å²) in [5.41, 5.74) is 6.45. The third-order valence-electron chi connectivity index (χ3n) is 1.72. The summed E-state index contributed by atoms with van der Waals surface area (Å²) in [5, 5.41) is 0.901. The van der Waals surface area contributed by atoms with Gasteiger partial charge in [-0.05, 0) is 28.1 Å². The molecule has 0 spiro atoms. The zero-order valence-electron chi connectivity index (χ0n) is 7.27. The molecule has 0 aliphatic carbocycles. The second-order valence-corrected chi connectivity index (χ2v) is 4.49. The van der Waals surface area contributed by atoms with Crippen LogP contribution >= 0.6 is 27.3 Å². The van der Waals surface area contributed by atoms with Gasteiger partial charge in [-0.1, -0.05) is 6.07 Å². The molecule has 0 aliphatic heterocycles. The Morgan fingerprint density at radius 3 is 2.86 bits per heavy atom. The average Bonchev–Trinajstić information content (AvgIpc) is 2.61. The van der Waals surface area contributed by atoms with Gasteiger partial charge in [-0.15, -0.1) is 11.3 Å². The van der Waals surface area contributed by atoms with Crippen molar-refractivity contribution >= 4 is 27.3 Å². The summed E-state index contributed by atoms with van der Waals surface area (Å²) in [5.74, 6) is 0. The number of nitrogens with zero attached hydrogens (tertiary/aromatic N) is 2. The van der Waals surface area contributed by atoms with E-state index in [9.17, 15) is 0 Å². The Morgan fingerprint density at radius 1 is 1.43 bits per heavy atom. The van der Waals surface area contributed by atoms with Crippen LogP contribution in [0.1, 0.15) is 4.88 Å². The number of rotatable bonds is 2. The van der Waals surface area contributed by atoms with Crippen molar-refractivity contribution in [2.75, 3.05) is 0 Å². The maximum atomic E-state index is 5.56. The number of hydrogen-bond acceptors (Lipinski definition) is 4. The first-order valence-corrected chi connectivity index (χ1v) is 5.69. The summed E-state index contributed by atoms with van der Waals surface area (Å²) < 4.78 is 0.825. The molecule has 72 valence electrons. The normalized spacial score (nSPS) is 10.4. The Kier molecular flexibility index (Phi) is 2.90. The molecule has 14 heavy (non-hydrogen) atoms. The van der Waals surface area contributed by atoms with Crippen LogP contribution in [0.15, 0.2) is 29.0 Å². The first-order chi connectivity index (χ1) is 6.81. The highest BCUT2D eigenvalue weighted by atomic mass is 79.9. The molecule has 2 N–H and O–H groups in total. The predicted octanol–water partition coefficient (Wildman–Crippen LogP) is 2.43. The first-order valence-electron chi connectivity index (χ1n) is 4.08. The van der Waals surface area contributed by atoms with Crippen LogP contribution in [0.3, 0.4) is 0 Å². The fourth-order valence-electron chi connectivity index (χ4n) is 1.06. The van der Waals surface area contributed by atoms with E-state index in [4.69, 9.17) is 5.73 Å². The number of aromatic nitrogens is 2. The van der Waals surface area contributed by atoms with E-state index in [0.717, 1.165) is 20.2 Å². The van der Waals surface area contributed by atoms with Crippen LogP contribution in [-0.2, 0) is 6.54 Å². The standard InChI is InChI=1S/C9H8BrN3S/c10-8-7(5-11)14-9(13-8)6-3-1-2-4-12-6/h1-4H,5,11H2. The molecular formula is C9H8BrN3S. The second kappa shape index (κ2) is 4.16. The maximum Gasteiger partial charge on any atom is 0.143 e. The predicted molar refractivity (Wildman–Crippen MR) is 60.9 cm³/mol. The SMILES string of the molecule is NCc1sc(-c2ccccn2)nc1Br. The van der Waals surface area contributed by atoms with Crippen LogP contribution in [-0.4, -0.2) is 9.97 Å². The lowest BCUT2D eigenvalue weighted by atomic mass is 10.4. The molecule has 0 unspecified atom stereocenters. The highest BCUT2D eigenvalue weighted by Gasteiger charge is 2.09. The lowest BCUT2D eigenvalue weighted by Crippen LogP contribution is -1.92. The van der Waals surface area contributed by atoms with E-state index in [0.29, 0.717) is 6.54 Å². The van der Waals surface area contributed by atoms with E-state index in [1.165, 1.54) is 0 Å². The topological polar surface area (TPSA) is 51.8 Å². The van der Waals surface area contributed by atoms with E-state index >= 15 is 0 Å². The molecule has 2 aromatic rings. The zero-order chi connectivity index (χ0) is 9.97. The van der Waals surface area contributed by atoms with Crippen LogP contribution < -0.4 is 5.73 Å². The van der Waals surface area contributed by atoms with Gasteiger partial charge in [0.15, 0.2) is 0 Å².